The number of benzene rings is 19. The summed E-state index contributed by atoms with van der Waals surface area (Å²) in [7, 11) is 0. The molecular formula is C138H98N10S. The minimum absolute atomic E-state index is 0.102. The molecule has 27 aromatic rings. The highest BCUT2D eigenvalue weighted by atomic mass is 32.1. The lowest BCUT2D eigenvalue weighted by Crippen LogP contribution is -2.18. The Bertz CT molecular complexity index is 10300. The van der Waals surface area contributed by atoms with Crippen LogP contribution in [0.25, 0.3) is 243 Å². The van der Waals surface area contributed by atoms with Crippen LogP contribution in [0.1, 0.15) is 100 Å². The summed E-state index contributed by atoms with van der Waals surface area (Å²) < 4.78 is 12.3. The molecule has 0 fully saturated rings. The standard InChI is InChI=1S/C49H34N4.C46H35N3.C43H29N3S/c1-49(2)39-25-13-9-23-35(39)45-46(31-17-5-3-6-18-31)50-48(51-47(45)49)36-24-12-16-28-42(36)53-41-27-15-11-22-34(41)38-29-37-33-21-10-14-26-40(33)52(43(37)30-44(38)53)32-19-7-4-8-20-32;1-45(2)35-22-12-8-18-29(35)33-26-34-30-19-10-14-24-38(30)49(40(34)27-37(33)45)39-25-15-11-21-32(39)44-47-42(28-16-6-5-7-17-28)41-31-20-9-13-23-36(31)46(3,4)43(41)48-44;1-43(2)33-20-10-6-18-29(33)39-40(26-14-4-3-5-15-26)44-42(45-41(39)43)30-19-8-12-22-35(30)46-34-21-11-7-16-27(34)31-24-32-28-17-9-13-23-37(28)47-38(32)25-36(31)46/h3-30H,1-2H3;5-27H,1-4H3;3-25H,1-2H3. The van der Waals surface area contributed by atoms with Gasteiger partial charge in [-0.2, -0.15) is 0 Å². The predicted molar refractivity (Wildman–Crippen MR) is 619 cm³/mol. The summed E-state index contributed by atoms with van der Waals surface area (Å²) in [5, 5.41) is 12.5. The van der Waals surface area contributed by atoms with Crippen molar-refractivity contribution in [1.82, 2.24) is 48.2 Å². The van der Waals surface area contributed by atoms with Crippen LogP contribution in [0.5, 0.6) is 0 Å². The SMILES string of the molecule is CC1(C)c2ccccc2-c2c(-c3ccccc3)nc(-c3ccccc3-n3c4ccccc4c4cc5c(cc43)sc3ccccc35)nc21.CC1(C)c2ccccc2-c2c(-c3ccccc3)nc(-c3ccccc3-n3c4ccccc4c4cc5c6ccccc6n(-c6ccccc6)c5cc43)nc21.CC1(C)c2ccccc2-c2cc3c4ccccc4n(-c4ccccc4-c4nc(-c5ccccc5)c5c(n4)C(C)(C)c4ccccc4-5)c3cc21. The van der Waals surface area contributed by atoms with Gasteiger partial charge in [-0.25, -0.2) is 29.9 Å². The van der Waals surface area contributed by atoms with E-state index in [0.717, 1.165) is 135 Å². The van der Waals surface area contributed by atoms with Gasteiger partial charge in [-0.1, -0.05) is 389 Å². The van der Waals surface area contributed by atoms with Crippen LogP contribution < -0.4 is 0 Å². The first-order valence-electron chi connectivity index (χ1n) is 51.6. The molecule has 0 saturated carbocycles. The van der Waals surface area contributed by atoms with E-state index in [4.69, 9.17) is 29.9 Å². The van der Waals surface area contributed by atoms with Gasteiger partial charge in [0.05, 0.1) is 95.4 Å². The molecule has 0 aliphatic heterocycles. The summed E-state index contributed by atoms with van der Waals surface area (Å²) in [5.74, 6) is 2.21. The number of nitrogens with zero attached hydrogens (tertiary/aromatic N) is 10. The minimum Gasteiger partial charge on any atom is -0.309 e. The van der Waals surface area contributed by atoms with E-state index < -0.39 is 0 Å². The summed E-state index contributed by atoms with van der Waals surface area (Å²) in [6.45, 7) is 18.5. The molecule has 0 unspecified atom stereocenters. The molecular weight excluding hydrogens is 1830 g/mol. The molecule has 8 aromatic heterocycles. The van der Waals surface area contributed by atoms with Crippen LogP contribution in [0.2, 0.25) is 0 Å². The van der Waals surface area contributed by atoms with Crippen LogP contribution in [0.3, 0.4) is 0 Å². The summed E-state index contributed by atoms with van der Waals surface area (Å²) in [6, 6.07) is 162. The quantitative estimate of drug-likeness (QED) is 0.135. The van der Waals surface area contributed by atoms with Crippen molar-refractivity contribution >= 4 is 119 Å². The fourth-order valence-corrected chi connectivity index (χ4v) is 26.5. The maximum absolute atomic E-state index is 5.51. The lowest BCUT2D eigenvalue weighted by atomic mass is 9.82. The summed E-state index contributed by atoms with van der Waals surface area (Å²) >= 11 is 1.86. The molecule has 4 aliphatic carbocycles. The first-order valence-corrected chi connectivity index (χ1v) is 52.4. The normalized spacial score (nSPS) is 13.9. The molecule has 8 heterocycles. The molecule has 0 spiro atoms. The lowest BCUT2D eigenvalue weighted by Gasteiger charge is -2.22. The van der Waals surface area contributed by atoms with Gasteiger partial charge in [0.25, 0.3) is 0 Å². The fraction of sp³-hybridized carbons (Fsp3) is 0.0870. The number of aromatic nitrogens is 10. The second kappa shape index (κ2) is 33.2. The topological polar surface area (TPSA) is 97.1 Å². The van der Waals surface area contributed by atoms with Crippen molar-refractivity contribution in [3.8, 4) is 135 Å². The van der Waals surface area contributed by atoms with Crippen molar-refractivity contribution in [3.63, 3.8) is 0 Å². The third-order valence-electron chi connectivity index (χ3n) is 32.4. The molecule has 11 heteroatoms. The average molecular weight is 1930 g/mol. The van der Waals surface area contributed by atoms with E-state index in [-0.39, 0.29) is 21.7 Å². The van der Waals surface area contributed by atoms with E-state index in [2.05, 4.69) is 523 Å². The highest BCUT2D eigenvalue weighted by Crippen LogP contribution is 2.58. The van der Waals surface area contributed by atoms with Gasteiger partial charge in [0.1, 0.15) is 0 Å². The van der Waals surface area contributed by atoms with Gasteiger partial charge in [-0.3, -0.25) is 0 Å². The minimum atomic E-state index is -0.286. The molecule has 0 N–H and O–H groups in total. The monoisotopic (exact) mass is 1930 g/mol. The zero-order valence-corrected chi connectivity index (χ0v) is 84.4. The second-order valence-electron chi connectivity index (χ2n) is 42.2. The van der Waals surface area contributed by atoms with E-state index in [0.29, 0.717) is 0 Å². The largest absolute Gasteiger partial charge is 0.309 e. The molecule has 31 rings (SSSR count). The van der Waals surface area contributed by atoms with E-state index in [1.807, 2.05) is 11.3 Å². The first-order chi connectivity index (χ1) is 73.0. The van der Waals surface area contributed by atoms with Gasteiger partial charge in [0, 0.05) is 141 Å². The maximum atomic E-state index is 5.51. The second-order valence-corrected chi connectivity index (χ2v) is 43.3. The van der Waals surface area contributed by atoms with Gasteiger partial charge in [-0.05, 0) is 171 Å². The molecule has 0 bridgehead atoms. The highest BCUT2D eigenvalue weighted by Gasteiger charge is 2.45. The Hall–Kier alpha value is -18.2. The van der Waals surface area contributed by atoms with Crippen LogP contribution in [0, 0.1) is 0 Å². The van der Waals surface area contributed by atoms with Crippen molar-refractivity contribution in [3.05, 3.63) is 494 Å². The number of rotatable bonds is 10. The highest BCUT2D eigenvalue weighted by molar-refractivity contribution is 7.25. The molecule has 19 aromatic carbocycles. The van der Waals surface area contributed by atoms with E-state index >= 15 is 0 Å². The summed E-state index contributed by atoms with van der Waals surface area (Å²) in [4.78, 5) is 32.9. The van der Waals surface area contributed by atoms with Gasteiger partial charge in [0.15, 0.2) is 17.5 Å². The number of fused-ring (bicyclic) bond motifs is 27. The van der Waals surface area contributed by atoms with Crippen molar-refractivity contribution < 1.29 is 0 Å². The predicted octanol–water partition coefficient (Wildman–Crippen LogP) is 35.4. The Morgan fingerprint density at radius 1 is 0.181 bits per heavy atom. The molecule has 0 saturated heterocycles. The Labute approximate surface area is 866 Å². The van der Waals surface area contributed by atoms with Crippen molar-refractivity contribution in [1.29, 1.82) is 0 Å². The zero-order chi connectivity index (χ0) is 99.6. The number of hydrogen-bond acceptors (Lipinski definition) is 7. The van der Waals surface area contributed by atoms with Crippen molar-refractivity contribution in [2.24, 2.45) is 0 Å². The fourth-order valence-electron chi connectivity index (χ4n) is 25.4. The van der Waals surface area contributed by atoms with Crippen molar-refractivity contribution in [2.75, 3.05) is 0 Å². The number of thiophene rings is 1. The maximum Gasteiger partial charge on any atom is 0.162 e. The van der Waals surface area contributed by atoms with E-state index in [9.17, 15) is 0 Å². The summed E-state index contributed by atoms with van der Waals surface area (Å²) in [5.41, 5.74) is 41.6. The molecule has 706 valence electrons. The number of hydrogen-bond donors (Lipinski definition) is 0. The molecule has 149 heavy (non-hydrogen) atoms. The van der Waals surface area contributed by atoms with Gasteiger partial charge in [-0.15, -0.1) is 11.3 Å². The van der Waals surface area contributed by atoms with Crippen LogP contribution in [0.4, 0.5) is 0 Å². The van der Waals surface area contributed by atoms with Crippen LogP contribution in [0.15, 0.2) is 449 Å². The molecule has 0 amide bonds. The van der Waals surface area contributed by atoms with Gasteiger partial charge in [0.2, 0.25) is 0 Å². The lowest BCUT2D eigenvalue weighted by molar-refractivity contribution is 0.636. The molecule has 0 atom stereocenters. The summed E-state index contributed by atoms with van der Waals surface area (Å²) in [6.07, 6.45) is 0. The van der Waals surface area contributed by atoms with Crippen LogP contribution >= 0.6 is 11.3 Å². The number of para-hydroxylation sites is 8. The van der Waals surface area contributed by atoms with E-state index in [1.165, 1.54) is 152 Å². The van der Waals surface area contributed by atoms with E-state index in [1.54, 1.807) is 0 Å². The smallest absolute Gasteiger partial charge is 0.162 e. The third kappa shape index (κ3) is 13.1. The van der Waals surface area contributed by atoms with Crippen LogP contribution in [-0.4, -0.2) is 48.2 Å². The average Bonchev–Trinajstić information content (AvgIpc) is 1.55. The van der Waals surface area contributed by atoms with Crippen molar-refractivity contribution in [2.45, 2.75) is 77.0 Å². The Morgan fingerprint density at radius 3 is 0.872 bits per heavy atom. The molecule has 4 aliphatic rings. The Morgan fingerprint density at radius 2 is 0.470 bits per heavy atom. The Kier molecular flexibility index (Phi) is 19.5. The van der Waals surface area contributed by atoms with Gasteiger partial charge < -0.3 is 18.3 Å². The molecule has 10 nitrogen and oxygen atoms in total. The molecule has 0 radical (unpaired) electrons. The Balaban J connectivity index is 0.000000105. The van der Waals surface area contributed by atoms with Gasteiger partial charge >= 0.3 is 0 Å². The first kappa shape index (κ1) is 87.4. The van der Waals surface area contributed by atoms with Crippen LogP contribution in [-0.2, 0) is 21.7 Å². The third-order valence-corrected chi connectivity index (χ3v) is 33.6. The zero-order valence-electron chi connectivity index (χ0n) is 83.6.